The maximum Gasteiger partial charge on any atom is 0.133 e. The fraction of sp³-hybridized carbons (Fsp3) is 0.286. The first-order chi connectivity index (χ1) is 13.2. The van der Waals surface area contributed by atoms with Gasteiger partial charge in [-0.15, -0.1) is 0 Å². The summed E-state index contributed by atoms with van der Waals surface area (Å²) in [5.41, 5.74) is 4.13. The van der Waals surface area contributed by atoms with Crippen molar-refractivity contribution in [3.63, 3.8) is 0 Å². The molecule has 1 N–H and O–H groups in total. The van der Waals surface area contributed by atoms with Crippen molar-refractivity contribution in [2.24, 2.45) is 0 Å². The highest BCUT2D eigenvalue weighted by Gasteiger charge is 2.24. The van der Waals surface area contributed by atoms with Crippen LogP contribution >= 0.6 is 15.9 Å². The Morgan fingerprint density at radius 1 is 1.07 bits per heavy atom. The third-order valence-corrected chi connectivity index (χ3v) is 5.34. The van der Waals surface area contributed by atoms with Crippen molar-refractivity contribution in [3.8, 4) is 28.4 Å². The van der Waals surface area contributed by atoms with Crippen molar-refractivity contribution in [2.45, 2.75) is 19.3 Å². The first-order valence-corrected chi connectivity index (χ1v) is 9.84. The lowest BCUT2D eigenvalue weighted by Gasteiger charge is -2.10. The third kappa shape index (κ3) is 3.41. The van der Waals surface area contributed by atoms with E-state index in [9.17, 15) is 0 Å². The van der Waals surface area contributed by atoms with Gasteiger partial charge < -0.3 is 14.8 Å². The molecule has 6 heteroatoms. The van der Waals surface area contributed by atoms with E-state index in [0.29, 0.717) is 0 Å². The van der Waals surface area contributed by atoms with Crippen molar-refractivity contribution in [1.29, 1.82) is 0 Å². The van der Waals surface area contributed by atoms with Gasteiger partial charge >= 0.3 is 0 Å². The Bertz CT molecular complexity index is 968. The lowest BCUT2D eigenvalue weighted by molar-refractivity contribution is 0.404. The van der Waals surface area contributed by atoms with Gasteiger partial charge in [-0.25, -0.2) is 4.68 Å². The second kappa shape index (κ2) is 7.64. The third-order valence-electron chi connectivity index (χ3n) is 4.84. The average Bonchev–Trinajstić information content (AvgIpc) is 2.88. The van der Waals surface area contributed by atoms with Crippen LogP contribution in [0.3, 0.4) is 0 Å². The summed E-state index contributed by atoms with van der Waals surface area (Å²) in [5.74, 6) is 2.64. The van der Waals surface area contributed by atoms with Gasteiger partial charge in [0.1, 0.15) is 23.0 Å². The summed E-state index contributed by atoms with van der Waals surface area (Å²) in [6.45, 7) is 0.946. The fourth-order valence-corrected chi connectivity index (χ4v) is 3.90. The Kier molecular flexibility index (Phi) is 5.07. The predicted octanol–water partition coefficient (Wildman–Crippen LogP) is 5.07. The number of rotatable bonds is 4. The molecule has 5 nitrogen and oxygen atoms in total. The number of fused-ring (bicyclic) bond motifs is 1. The minimum Gasteiger partial charge on any atom is -0.497 e. The van der Waals surface area contributed by atoms with Gasteiger partial charge in [-0.3, -0.25) is 0 Å². The smallest absolute Gasteiger partial charge is 0.133 e. The van der Waals surface area contributed by atoms with Gasteiger partial charge in [0, 0.05) is 22.1 Å². The second-order valence-electron chi connectivity index (χ2n) is 6.52. The first-order valence-electron chi connectivity index (χ1n) is 9.05. The largest absolute Gasteiger partial charge is 0.497 e. The molecule has 0 unspecified atom stereocenters. The lowest BCUT2D eigenvalue weighted by Crippen LogP contribution is -2.07. The van der Waals surface area contributed by atoms with E-state index >= 15 is 0 Å². The fourth-order valence-electron chi connectivity index (χ4n) is 3.51. The first kappa shape index (κ1) is 17.9. The molecule has 0 saturated heterocycles. The van der Waals surface area contributed by atoms with E-state index in [2.05, 4.69) is 33.4 Å². The summed E-state index contributed by atoms with van der Waals surface area (Å²) in [4.78, 5) is 0. The number of aromatic nitrogens is 2. The normalized spacial score (nSPS) is 13.4. The SMILES string of the molecule is COc1ccc(OC)c(-c2nn(-c3cccc(Br)c3)c3c2CCCCN3)c1. The van der Waals surface area contributed by atoms with Crippen LogP contribution in [0.4, 0.5) is 5.82 Å². The highest BCUT2D eigenvalue weighted by molar-refractivity contribution is 9.10. The van der Waals surface area contributed by atoms with Crippen LogP contribution in [0.2, 0.25) is 0 Å². The molecule has 0 radical (unpaired) electrons. The van der Waals surface area contributed by atoms with E-state index in [1.165, 1.54) is 5.56 Å². The molecule has 2 heterocycles. The van der Waals surface area contributed by atoms with Gasteiger partial charge in [0.05, 0.1) is 19.9 Å². The molecule has 0 spiro atoms. The Morgan fingerprint density at radius 2 is 1.96 bits per heavy atom. The standard InChI is InChI=1S/C21H22BrN3O2/c1-26-16-9-10-19(27-2)18(13-16)20-17-8-3-4-11-23-21(17)25(24-20)15-7-5-6-14(22)12-15/h5-7,9-10,12-13,23H,3-4,8,11H2,1-2H3. The van der Waals surface area contributed by atoms with Crippen molar-refractivity contribution < 1.29 is 9.47 Å². The molecule has 3 aromatic rings. The van der Waals surface area contributed by atoms with Crippen LogP contribution in [-0.4, -0.2) is 30.5 Å². The van der Waals surface area contributed by atoms with Crippen molar-refractivity contribution in [3.05, 3.63) is 52.5 Å². The van der Waals surface area contributed by atoms with Gasteiger partial charge in [-0.05, 0) is 55.7 Å². The maximum absolute atomic E-state index is 5.62. The molecule has 4 rings (SSSR count). The molecule has 1 aliphatic heterocycles. The van der Waals surface area contributed by atoms with Crippen LogP contribution in [0.15, 0.2) is 46.9 Å². The number of hydrogen-bond acceptors (Lipinski definition) is 4. The number of nitrogens with one attached hydrogen (secondary N) is 1. The average molecular weight is 428 g/mol. The Labute approximate surface area is 167 Å². The Hall–Kier alpha value is -2.47. The zero-order valence-corrected chi connectivity index (χ0v) is 17.0. The van der Waals surface area contributed by atoms with Crippen LogP contribution in [0, 0.1) is 0 Å². The zero-order valence-electron chi connectivity index (χ0n) is 15.5. The highest BCUT2D eigenvalue weighted by atomic mass is 79.9. The summed E-state index contributed by atoms with van der Waals surface area (Å²) < 4.78 is 14.1. The summed E-state index contributed by atoms with van der Waals surface area (Å²) >= 11 is 3.57. The summed E-state index contributed by atoms with van der Waals surface area (Å²) in [6, 6.07) is 14.0. The summed E-state index contributed by atoms with van der Waals surface area (Å²) in [6.07, 6.45) is 3.25. The maximum atomic E-state index is 5.62. The van der Waals surface area contributed by atoms with Crippen LogP contribution in [0.5, 0.6) is 11.5 Å². The Morgan fingerprint density at radius 3 is 2.74 bits per heavy atom. The molecule has 1 aliphatic rings. The van der Waals surface area contributed by atoms with Crippen LogP contribution in [-0.2, 0) is 6.42 Å². The molecule has 27 heavy (non-hydrogen) atoms. The molecular formula is C21H22BrN3O2. The molecule has 0 amide bonds. The summed E-state index contributed by atoms with van der Waals surface area (Å²) in [7, 11) is 3.36. The van der Waals surface area contributed by atoms with Crippen molar-refractivity contribution in [2.75, 3.05) is 26.1 Å². The second-order valence-corrected chi connectivity index (χ2v) is 7.43. The van der Waals surface area contributed by atoms with Crippen LogP contribution in [0.1, 0.15) is 18.4 Å². The lowest BCUT2D eigenvalue weighted by atomic mass is 10.0. The van der Waals surface area contributed by atoms with E-state index in [1.807, 2.05) is 35.0 Å². The molecule has 0 fully saturated rings. The van der Waals surface area contributed by atoms with Gasteiger partial charge in [0.2, 0.25) is 0 Å². The number of hydrogen-bond donors (Lipinski definition) is 1. The van der Waals surface area contributed by atoms with Crippen molar-refractivity contribution >= 4 is 21.7 Å². The zero-order chi connectivity index (χ0) is 18.8. The Balaban J connectivity index is 1.94. The minimum atomic E-state index is 0.790. The van der Waals surface area contributed by atoms with E-state index in [-0.39, 0.29) is 0 Å². The van der Waals surface area contributed by atoms with Gasteiger partial charge in [-0.1, -0.05) is 22.0 Å². The van der Waals surface area contributed by atoms with Gasteiger partial charge in [0.15, 0.2) is 0 Å². The number of benzene rings is 2. The molecule has 140 valence electrons. The quantitative estimate of drug-likeness (QED) is 0.631. The molecular weight excluding hydrogens is 406 g/mol. The number of anilines is 1. The molecule has 0 bridgehead atoms. The van der Waals surface area contributed by atoms with E-state index in [4.69, 9.17) is 14.6 Å². The summed E-state index contributed by atoms with van der Waals surface area (Å²) in [5, 5.41) is 8.58. The highest BCUT2D eigenvalue weighted by Crippen LogP contribution is 2.39. The number of methoxy groups -OCH3 is 2. The van der Waals surface area contributed by atoms with Gasteiger partial charge in [-0.2, -0.15) is 5.10 Å². The molecule has 0 saturated carbocycles. The molecule has 2 aromatic carbocycles. The molecule has 1 aromatic heterocycles. The van der Waals surface area contributed by atoms with Crippen LogP contribution in [0.25, 0.3) is 16.9 Å². The number of halogens is 1. The van der Waals surface area contributed by atoms with E-state index < -0.39 is 0 Å². The number of ether oxygens (including phenoxy) is 2. The minimum absolute atomic E-state index is 0.790. The molecule has 0 aliphatic carbocycles. The molecule has 0 atom stereocenters. The van der Waals surface area contributed by atoms with E-state index in [1.54, 1.807) is 14.2 Å². The van der Waals surface area contributed by atoms with Crippen molar-refractivity contribution in [1.82, 2.24) is 9.78 Å². The predicted molar refractivity (Wildman–Crippen MR) is 111 cm³/mol. The monoisotopic (exact) mass is 427 g/mol. The van der Waals surface area contributed by atoms with Gasteiger partial charge in [0.25, 0.3) is 0 Å². The topological polar surface area (TPSA) is 48.3 Å². The van der Waals surface area contributed by atoms with E-state index in [0.717, 1.165) is 64.5 Å². The van der Waals surface area contributed by atoms with Crippen LogP contribution < -0.4 is 14.8 Å². The number of nitrogens with zero attached hydrogens (tertiary/aromatic N) is 2.